The number of hydrogen-bond donors (Lipinski definition) is 1. The van der Waals surface area contributed by atoms with Crippen molar-refractivity contribution in [2.45, 2.75) is 19.9 Å². The lowest BCUT2D eigenvalue weighted by molar-refractivity contribution is -0.132. The minimum atomic E-state index is -0.859. The fraction of sp³-hybridized carbons (Fsp3) is 0.172. The Bertz CT molecular complexity index is 1570. The highest BCUT2D eigenvalue weighted by Gasteiger charge is 2.48. The summed E-state index contributed by atoms with van der Waals surface area (Å²) in [5, 5.41) is 13.1. The molecule has 2 heterocycles. The van der Waals surface area contributed by atoms with Crippen LogP contribution in [0.3, 0.4) is 0 Å². The zero-order valence-corrected chi connectivity index (χ0v) is 21.1. The number of anilines is 1. The lowest BCUT2D eigenvalue weighted by Gasteiger charge is -2.25. The minimum Gasteiger partial charge on any atom is -0.507 e. The molecule has 0 saturated carbocycles. The van der Waals surface area contributed by atoms with E-state index in [9.17, 15) is 14.7 Å². The highest BCUT2D eigenvalue weighted by atomic mass is 35.5. The standard InChI is InChI=1S/C29H25ClN2O4/c1-16-13-17(2)28(36-4)21(14-16)26(33)24-25(22-15-31(3)23-8-6-5-7-20(22)23)32(29(35)27(24)34)19-11-9-18(30)10-12-19/h5-15,25,33H,1-4H3/b26-24+. The Labute approximate surface area is 214 Å². The lowest BCUT2D eigenvalue weighted by atomic mass is 9.93. The van der Waals surface area contributed by atoms with E-state index >= 15 is 0 Å². The summed E-state index contributed by atoms with van der Waals surface area (Å²) in [5.41, 5.74) is 4.26. The average Bonchev–Trinajstić information content (AvgIpc) is 3.32. The van der Waals surface area contributed by atoms with Crippen molar-refractivity contribution in [3.63, 3.8) is 0 Å². The van der Waals surface area contributed by atoms with Crippen LogP contribution in [0.2, 0.25) is 5.02 Å². The van der Waals surface area contributed by atoms with E-state index in [2.05, 4.69) is 0 Å². The molecule has 1 amide bonds. The first-order valence-electron chi connectivity index (χ1n) is 11.5. The van der Waals surface area contributed by atoms with E-state index in [-0.39, 0.29) is 11.3 Å². The Morgan fingerprint density at radius 3 is 2.42 bits per heavy atom. The Kier molecular flexibility index (Phi) is 5.85. The fourth-order valence-corrected chi connectivity index (χ4v) is 5.26. The summed E-state index contributed by atoms with van der Waals surface area (Å²) in [6.07, 6.45) is 1.90. The topological polar surface area (TPSA) is 71.8 Å². The number of halogens is 1. The van der Waals surface area contributed by atoms with Crippen LogP contribution in [-0.2, 0) is 16.6 Å². The zero-order valence-electron chi connectivity index (χ0n) is 20.4. The van der Waals surface area contributed by atoms with Gasteiger partial charge in [0.15, 0.2) is 0 Å². The molecular weight excluding hydrogens is 476 g/mol. The molecule has 1 fully saturated rings. The molecule has 182 valence electrons. The molecule has 1 unspecified atom stereocenters. The number of Topliss-reactive ketones (excluding diaryl/α,β-unsaturated/α-hetero) is 1. The largest absolute Gasteiger partial charge is 0.507 e. The predicted molar refractivity (Wildman–Crippen MR) is 142 cm³/mol. The van der Waals surface area contributed by atoms with Crippen molar-refractivity contribution >= 4 is 45.6 Å². The number of rotatable bonds is 4. The van der Waals surface area contributed by atoms with Crippen LogP contribution in [0.4, 0.5) is 5.69 Å². The summed E-state index contributed by atoms with van der Waals surface area (Å²) in [7, 11) is 3.43. The van der Waals surface area contributed by atoms with Crippen LogP contribution in [0.25, 0.3) is 16.7 Å². The first-order chi connectivity index (χ1) is 17.2. The monoisotopic (exact) mass is 500 g/mol. The summed E-state index contributed by atoms with van der Waals surface area (Å²) in [6, 6.07) is 17.3. The Morgan fingerprint density at radius 2 is 1.72 bits per heavy atom. The van der Waals surface area contributed by atoms with Crippen molar-refractivity contribution in [1.29, 1.82) is 0 Å². The molecule has 1 atom stereocenters. The molecule has 1 aliphatic rings. The van der Waals surface area contributed by atoms with Gasteiger partial charge >= 0.3 is 0 Å². The van der Waals surface area contributed by atoms with E-state index in [0.29, 0.717) is 22.0 Å². The zero-order chi connectivity index (χ0) is 25.7. The van der Waals surface area contributed by atoms with Crippen molar-refractivity contribution < 1.29 is 19.4 Å². The van der Waals surface area contributed by atoms with Crippen LogP contribution in [0.15, 0.2) is 72.4 Å². The van der Waals surface area contributed by atoms with Crippen molar-refractivity contribution in [2.24, 2.45) is 7.05 Å². The summed E-state index contributed by atoms with van der Waals surface area (Å²) in [6.45, 7) is 3.77. The lowest BCUT2D eigenvalue weighted by Crippen LogP contribution is -2.29. The number of carbonyl (C=O) groups excluding carboxylic acids is 2. The number of ether oxygens (including phenoxy) is 1. The second-order valence-corrected chi connectivity index (χ2v) is 9.46. The van der Waals surface area contributed by atoms with Gasteiger partial charge in [-0.3, -0.25) is 14.5 Å². The van der Waals surface area contributed by atoms with Crippen molar-refractivity contribution in [1.82, 2.24) is 4.57 Å². The number of hydrogen-bond acceptors (Lipinski definition) is 4. The third kappa shape index (κ3) is 3.65. The molecule has 3 aromatic carbocycles. The second-order valence-electron chi connectivity index (χ2n) is 9.02. The molecular formula is C29H25ClN2O4. The maximum atomic E-state index is 13.6. The van der Waals surface area contributed by atoms with E-state index in [1.807, 2.05) is 62.0 Å². The SMILES string of the molecule is COc1c(C)cc(C)cc1/C(O)=C1\C(=O)C(=O)N(c2ccc(Cl)cc2)C1c1cn(C)c2ccccc12. The van der Waals surface area contributed by atoms with Gasteiger partial charge in [-0.05, 0) is 61.4 Å². The smallest absolute Gasteiger partial charge is 0.300 e. The van der Waals surface area contributed by atoms with Crippen LogP contribution in [-0.4, -0.2) is 28.5 Å². The number of amides is 1. The molecule has 5 rings (SSSR count). The number of aromatic nitrogens is 1. The van der Waals surface area contributed by atoms with Crippen molar-refractivity contribution in [3.8, 4) is 5.75 Å². The summed E-state index contributed by atoms with van der Waals surface area (Å²) in [4.78, 5) is 28.5. The molecule has 0 aliphatic carbocycles. The molecule has 0 bridgehead atoms. The number of fused-ring (bicyclic) bond motifs is 1. The highest BCUT2D eigenvalue weighted by Crippen LogP contribution is 2.46. The predicted octanol–water partition coefficient (Wildman–Crippen LogP) is 6.08. The molecule has 7 heteroatoms. The van der Waals surface area contributed by atoms with Crippen LogP contribution < -0.4 is 9.64 Å². The maximum Gasteiger partial charge on any atom is 0.300 e. The molecule has 4 aromatic rings. The number of aliphatic hydroxyl groups is 1. The number of benzene rings is 3. The first kappa shape index (κ1) is 23.7. The van der Waals surface area contributed by atoms with Crippen LogP contribution >= 0.6 is 11.6 Å². The van der Waals surface area contributed by atoms with Crippen LogP contribution in [0.1, 0.15) is 28.3 Å². The second kappa shape index (κ2) is 8.88. The number of para-hydroxylation sites is 1. The maximum absolute atomic E-state index is 13.6. The van der Waals surface area contributed by atoms with Gasteiger partial charge in [-0.1, -0.05) is 35.9 Å². The van der Waals surface area contributed by atoms with Gasteiger partial charge in [0.2, 0.25) is 0 Å². The number of methoxy groups -OCH3 is 1. The van der Waals surface area contributed by atoms with Gasteiger partial charge in [0.1, 0.15) is 11.5 Å². The summed E-state index contributed by atoms with van der Waals surface area (Å²) in [5.74, 6) is -1.30. The van der Waals surface area contributed by atoms with Gasteiger partial charge in [0.25, 0.3) is 11.7 Å². The van der Waals surface area contributed by atoms with E-state index in [4.69, 9.17) is 16.3 Å². The van der Waals surface area contributed by atoms with Gasteiger partial charge in [-0.2, -0.15) is 0 Å². The Balaban J connectivity index is 1.84. The average molecular weight is 501 g/mol. The van der Waals surface area contributed by atoms with Gasteiger partial charge in [-0.25, -0.2) is 0 Å². The summed E-state index contributed by atoms with van der Waals surface area (Å²) < 4.78 is 7.54. The summed E-state index contributed by atoms with van der Waals surface area (Å²) >= 11 is 6.10. The normalized spacial score (nSPS) is 17.2. The molecule has 6 nitrogen and oxygen atoms in total. The van der Waals surface area contributed by atoms with Crippen molar-refractivity contribution in [3.05, 3.63) is 99.7 Å². The van der Waals surface area contributed by atoms with E-state index in [1.54, 1.807) is 30.3 Å². The number of aryl methyl sites for hydroxylation is 3. The van der Waals surface area contributed by atoms with E-state index < -0.39 is 17.7 Å². The van der Waals surface area contributed by atoms with E-state index in [1.165, 1.54) is 12.0 Å². The van der Waals surface area contributed by atoms with Gasteiger partial charge < -0.3 is 14.4 Å². The number of carbonyl (C=O) groups is 2. The van der Waals surface area contributed by atoms with Gasteiger partial charge in [0, 0.05) is 40.4 Å². The number of ketones is 1. The van der Waals surface area contributed by atoms with Crippen molar-refractivity contribution in [2.75, 3.05) is 12.0 Å². The molecule has 1 saturated heterocycles. The molecule has 1 N–H and O–H groups in total. The molecule has 1 aliphatic heterocycles. The fourth-order valence-electron chi connectivity index (χ4n) is 5.13. The van der Waals surface area contributed by atoms with Gasteiger partial charge in [0.05, 0.1) is 24.3 Å². The van der Waals surface area contributed by atoms with Crippen LogP contribution in [0, 0.1) is 13.8 Å². The highest BCUT2D eigenvalue weighted by molar-refractivity contribution is 6.52. The molecule has 0 spiro atoms. The first-order valence-corrected chi connectivity index (χ1v) is 11.9. The Morgan fingerprint density at radius 1 is 1.03 bits per heavy atom. The van der Waals surface area contributed by atoms with Crippen LogP contribution in [0.5, 0.6) is 5.75 Å². The number of aliphatic hydroxyl groups excluding tert-OH is 1. The molecule has 36 heavy (non-hydrogen) atoms. The quantitative estimate of drug-likeness (QED) is 0.209. The molecule has 1 aromatic heterocycles. The van der Waals surface area contributed by atoms with Gasteiger partial charge in [-0.15, -0.1) is 0 Å². The minimum absolute atomic E-state index is 0.00889. The number of nitrogens with zero attached hydrogens (tertiary/aromatic N) is 2. The Hall–Kier alpha value is -4.03. The third-order valence-electron chi connectivity index (χ3n) is 6.65. The third-order valence-corrected chi connectivity index (χ3v) is 6.90. The molecule has 0 radical (unpaired) electrons. The van der Waals surface area contributed by atoms with E-state index in [0.717, 1.165) is 27.6 Å².